The predicted molar refractivity (Wildman–Crippen MR) is 70.3 cm³/mol. The maximum absolute atomic E-state index is 4.19. The second-order valence-corrected chi connectivity index (χ2v) is 4.10. The normalized spacial score (nSPS) is 10.4. The molecule has 0 unspecified atom stereocenters. The van der Waals surface area contributed by atoms with E-state index in [9.17, 15) is 0 Å². The molecule has 0 aliphatic heterocycles. The van der Waals surface area contributed by atoms with Crippen LogP contribution < -0.4 is 10.2 Å². The summed E-state index contributed by atoms with van der Waals surface area (Å²) in [5.41, 5.74) is 2.21. The second kappa shape index (κ2) is 4.45. The van der Waals surface area contributed by atoms with E-state index in [4.69, 9.17) is 0 Å². The second-order valence-electron chi connectivity index (χ2n) is 4.10. The molecule has 17 heavy (non-hydrogen) atoms. The van der Waals surface area contributed by atoms with Crippen molar-refractivity contribution in [3.8, 4) is 11.4 Å². The Hall–Kier alpha value is -2.04. The minimum absolute atomic E-state index is 0.759. The van der Waals surface area contributed by atoms with Crippen LogP contribution in [0.25, 0.3) is 11.4 Å². The lowest BCUT2D eigenvalue weighted by atomic mass is 10.2. The van der Waals surface area contributed by atoms with E-state index in [0.717, 1.165) is 23.0 Å². The van der Waals surface area contributed by atoms with Gasteiger partial charge in [0.1, 0.15) is 0 Å². The van der Waals surface area contributed by atoms with Crippen molar-refractivity contribution in [3.05, 3.63) is 24.3 Å². The third-order valence-corrected chi connectivity index (χ3v) is 2.72. The van der Waals surface area contributed by atoms with Gasteiger partial charge in [-0.25, -0.2) is 0 Å². The molecular weight excluding hydrogens is 214 g/mol. The first-order valence-corrected chi connectivity index (χ1v) is 5.48. The quantitative estimate of drug-likeness (QED) is 0.871. The van der Waals surface area contributed by atoms with Crippen molar-refractivity contribution in [2.75, 3.05) is 31.4 Å². The molecule has 0 amide bonds. The Kier molecular flexibility index (Phi) is 2.99. The summed E-state index contributed by atoms with van der Waals surface area (Å²) in [6.45, 7) is 0. The zero-order valence-corrected chi connectivity index (χ0v) is 10.6. The molecule has 1 heterocycles. The van der Waals surface area contributed by atoms with E-state index in [2.05, 4.69) is 32.5 Å². The zero-order chi connectivity index (χ0) is 12.4. The molecule has 0 saturated heterocycles. The van der Waals surface area contributed by atoms with E-state index < -0.39 is 0 Å². The van der Waals surface area contributed by atoms with Crippen LogP contribution in [0.4, 0.5) is 11.6 Å². The molecule has 90 valence electrons. The minimum Gasteiger partial charge on any atom is -0.378 e. The number of aromatic nitrogens is 3. The summed E-state index contributed by atoms with van der Waals surface area (Å²) in [4.78, 5) is 2.07. The Morgan fingerprint density at radius 3 is 2.59 bits per heavy atom. The van der Waals surface area contributed by atoms with Gasteiger partial charge in [-0.05, 0) is 12.1 Å². The van der Waals surface area contributed by atoms with E-state index >= 15 is 0 Å². The van der Waals surface area contributed by atoms with Gasteiger partial charge in [-0.1, -0.05) is 12.1 Å². The summed E-state index contributed by atoms with van der Waals surface area (Å²) in [6.07, 6.45) is 0. The van der Waals surface area contributed by atoms with E-state index in [1.54, 1.807) is 0 Å². The van der Waals surface area contributed by atoms with Crippen LogP contribution in [0, 0.1) is 0 Å². The molecule has 5 nitrogen and oxygen atoms in total. The number of rotatable bonds is 3. The van der Waals surface area contributed by atoms with Crippen molar-refractivity contribution >= 4 is 11.6 Å². The van der Waals surface area contributed by atoms with E-state index in [-0.39, 0.29) is 0 Å². The van der Waals surface area contributed by atoms with Gasteiger partial charge in [0.25, 0.3) is 0 Å². The maximum Gasteiger partial charge on any atom is 0.224 e. The van der Waals surface area contributed by atoms with E-state index in [1.165, 1.54) is 0 Å². The average Bonchev–Trinajstić information content (AvgIpc) is 2.70. The van der Waals surface area contributed by atoms with Crippen LogP contribution in [0.5, 0.6) is 0 Å². The number of nitrogens with zero attached hydrogens (tertiary/aromatic N) is 4. The third-order valence-electron chi connectivity index (χ3n) is 2.72. The lowest BCUT2D eigenvalue weighted by Gasteiger charge is -2.13. The largest absolute Gasteiger partial charge is 0.378 e. The molecule has 0 aliphatic carbocycles. The third kappa shape index (κ3) is 2.08. The van der Waals surface area contributed by atoms with Crippen LogP contribution in [0.3, 0.4) is 0 Å². The average molecular weight is 231 g/mol. The molecule has 2 aromatic rings. The minimum atomic E-state index is 0.759. The van der Waals surface area contributed by atoms with E-state index in [0.29, 0.717) is 0 Å². The van der Waals surface area contributed by atoms with Crippen LogP contribution in [-0.2, 0) is 7.05 Å². The molecule has 2 rings (SSSR count). The van der Waals surface area contributed by atoms with Gasteiger partial charge in [0.15, 0.2) is 5.82 Å². The molecule has 0 saturated carbocycles. The predicted octanol–water partition coefficient (Wildman–Crippen LogP) is 1.59. The molecule has 0 spiro atoms. The van der Waals surface area contributed by atoms with Gasteiger partial charge in [0, 0.05) is 39.4 Å². The number of hydrogen-bond acceptors (Lipinski definition) is 4. The van der Waals surface area contributed by atoms with Crippen molar-refractivity contribution in [3.63, 3.8) is 0 Å². The fourth-order valence-electron chi connectivity index (χ4n) is 1.72. The molecule has 1 aromatic carbocycles. The van der Waals surface area contributed by atoms with Gasteiger partial charge in [-0.2, -0.15) is 0 Å². The number of benzene rings is 1. The fourth-order valence-corrected chi connectivity index (χ4v) is 1.72. The summed E-state index contributed by atoms with van der Waals surface area (Å²) < 4.78 is 1.94. The first kappa shape index (κ1) is 11.4. The summed E-state index contributed by atoms with van der Waals surface area (Å²) in [6, 6.07) is 8.23. The Morgan fingerprint density at radius 1 is 1.24 bits per heavy atom. The summed E-state index contributed by atoms with van der Waals surface area (Å²) in [5, 5.41) is 11.3. The highest BCUT2D eigenvalue weighted by Gasteiger charge is 2.09. The number of anilines is 2. The van der Waals surface area contributed by atoms with Gasteiger partial charge in [-0.15, -0.1) is 10.2 Å². The van der Waals surface area contributed by atoms with E-state index in [1.807, 2.05) is 44.9 Å². The molecular formula is C12H17N5. The molecule has 0 bridgehead atoms. The summed E-state index contributed by atoms with van der Waals surface area (Å²) >= 11 is 0. The monoisotopic (exact) mass is 231 g/mol. The standard InChI is InChI=1S/C12H17N5/c1-13-12-15-14-11(17(12)4)9-6-5-7-10(8-9)16(2)3/h5-8H,1-4H3,(H,13,15). The topological polar surface area (TPSA) is 46.0 Å². The smallest absolute Gasteiger partial charge is 0.224 e. The van der Waals surface area contributed by atoms with Crippen LogP contribution in [0.2, 0.25) is 0 Å². The maximum atomic E-state index is 4.19. The Bertz CT molecular complexity index is 515. The van der Waals surface area contributed by atoms with Crippen molar-refractivity contribution in [1.29, 1.82) is 0 Å². The first-order valence-electron chi connectivity index (χ1n) is 5.48. The molecule has 0 fully saturated rings. The zero-order valence-electron chi connectivity index (χ0n) is 10.6. The molecule has 0 aliphatic rings. The highest BCUT2D eigenvalue weighted by molar-refractivity contribution is 5.64. The first-order chi connectivity index (χ1) is 8.13. The van der Waals surface area contributed by atoms with Crippen LogP contribution in [0.15, 0.2) is 24.3 Å². The van der Waals surface area contributed by atoms with Gasteiger partial charge in [0.2, 0.25) is 5.95 Å². The van der Waals surface area contributed by atoms with Crippen molar-refractivity contribution < 1.29 is 0 Å². The lowest BCUT2D eigenvalue weighted by Crippen LogP contribution is -2.08. The van der Waals surface area contributed by atoms with Gasteiger partial charge in [-0.3, -0.25) is 4.57 Å². The summed E-state index contributed by atoms with van der Waals surface area (Å²) in [5.74, 6) is 1.62. The molecule has 1 aromatic heterocycles. The molecule has 0 atom stereocenters. The summed E-state index contributed by atoms with van der Waals surface area (Å²) in [7, 11) is 7.83. The van der Waals surface area contributed by atoms with Gasteiger partial charge in [0.05, 0.1) is 0 Å². The van der Waals surface area contributed by atoms with Crippen LogP contribution in [-0.4, -0.2) is 35.9 Å². The highest BCUT2D eigenvalue weighted by Crippen LogP contribution is 2.23. The van der Waals surface area contributed by atoms with Gasteiger partial charge < -0.3 is 10.2 Å². The van der Waals surface area contributed by atoms with Crippen molar-refractivity contribution in [1.82, 2.24) is 14.8 Å². The van der Waals surface area contributed by atoms with Gasteiger partial charge >= 0.3 is 0 Å². The molecule has 0 radical (unpaired) electrons. The van der Waals surface area contributed by atoms with Crippen LogP contribution >= 0.6 is 0 Å². The number of nitrogens with one attached hydrogen (secondary N) is 1. The SMILES string of the molecule is CNc1nnc(-c2cccc(N(C)C)c2)n1C. The highest BCUT2D eigenvalue weighted by atomic mass is 15.3. The Balaban J connectivity index is 2.45. The number of hydrogen-bond donors (Lipinski definition) is 1. The van der Waals surface area contributed by atoms with Crippen molar-refractivity contribution in [2.45, 2.75) is 0 Å². The fraction of sp³-hybridized carbons (Fsp3) is 0.333. The lowest BCUT2D eigenvalue weighted by molar-refractivity contribution is 0.925. The van der Waals surface area contributed by atoms with Crippen LogP contribution in [0.1, 0.15) is 0 Å². The Morgan fingerprint density at radius 2 is 2.00 bits per heavy atom. The Labute approximate surface area is 101 Å². The molecule has 1 N–H and O–H groups in total. The van der Waals surface area contributed by atoms with Crippen molar-refractivity contribution in [2.24, 2.45) is 7.05 Å². The molecule has 5 heteroatoms.